The SMILES string of the molecule is COc1cc(O)c([C@H]2C3=CCn4c(=O)n(C)c(=O)n4[C@@H]3CC3=C2C(=O)C=C(Br)C3=O)c(OC)c1. The van der Waals surface area contributed by atoms with Crippen molar-refractivity contribution in [1.29, 1.82) is 0 Å². The molecule has 0 spiro atoms. The van der Waals surface area contributed by atoms with Crippen LogP contribution in [0.4, 0.5) is 0 Å². The molecule has 5 rings (SSSR count). The average Bonchev–Trinajstić information content (AvgIpc) is 3.05. The van der Waals surface area contributed by atoms with Crippen molar-refractivity contribution in [2.75, 3.05) is 14.2 Å². The summed E-state index contributed by atoms with van der Waals surface area (Å²) < 4.78 is 14.5. The van der Waals surface area contributed by atoms with Gasteiger partial charge in [0.1, 0.15) is 17.2 Å². The Morgan fingerprint density at radius 2 is 1.82 bits per heavy atom. The van der Waals surface area contributed by atoms with Gasteiger partial charge in [0.05, 0.1) is 31.3 Å². The number of halogens is 1. The van der Waals surface area contributed by atoms with Crippen molar-refractivity contribution in [3.63, 3.8) is 0 Å². The smallest absolute Gasteiger partial charge is 0.347 e. The van der Waals surface area contributed by atoms with E-state index in [0.717, 1.165) is 4.57 Å². The highest BCUT2D eigenvalue weighted by molar-refractivity contribution is 9.12. The summed E-state index contributed by atoms with van der Waals surface area (Å²) >= 11 is 3.17. The Balaban J connectivity index is 1.83. The predicted molar refractivity (Wildman–Crippen MR) is 124 cm³/mol. The topological polar surface area (TPSA) is 122 Å². The van der Waals surface area contributed by atoms with Gasteiger partial charge in [-0.1, -0.05) is 6.08 Å². The number of ether oxygens (including phenoxy) is 2. The molecule has 1 aromatic heterocycles. The van der Waals surface area contributed by atoms with Gasteiger partial charge < -0.3 is 14.6 Å². The lowest BCUT2D eigenvalue weighted by atomic mass is 9.68. The highest BCUT2D eigenvalue weighted by Crippen LogP contribution is 2.54. The standard InChI is InChI=1S/C23H20BrN3O7/c1-25-22(31)26-5-4-11-14(27(26)23(25)32)8-12-18(16(29)9-13(24)21(12)30)19(11)20-15(28)6-10(33-2)7-17(20)34-3/h4,6-7,9,14,19,28H,5,8H2,1-3H3/t14-,19+/m1/s1. The van der Waals surface area contributed by atoms with Crippen LogP contribution in [-0.2, 0) is 23.2 Å². The van der Waals surface area contributed by atoms with E-state index < -0.39 is 23.3 Å². The summed E-state index contributed by atoms with van der Waals surface area (Å²) in [6, 6.07) is 2.27. The number of aromatic nitrogens is 3. The fourth-order valence-corrected chi connectivity index (χ4v) is 5.53. The number of fused-ring (bicyclic) bond motifs is 3. The van der Waals surface area contributed by atoms with Gasteiger partial charge in [-0.3, -0.25) is 9.59 Å². The van der Waals surface area contributed by atoms with Crippen LogP contribution in [0.5, 0.6) is 17.2 Å². The van der Waals surface area contributed by atoms with Gasteiger partial charge in [0, 0.05) is 54.3 Å². The molecule has 0 unspecified atom stereocenters. The Kier molecular flexibility index (Phi) is 5.05. The first kappa shape index (κ1) is 22.2. The second kappa shape index (κ2) is 7.73. The van der Waals surface area contributed by atoms with E-state index in [0.29, 0.717) is 11.3 Å². The van der Waals surface area contributed by atoms with E-state index in [1.165, 1.54) is 42.8 Å². The molecular weight excluding hydrogens is 510 g/mol. The lowest BCUT2D eigenvalue weighted by Gasteiger charge is -2.39. The zero-order chi connectivity index (χ0) is 24.5. The van der Waals surface area contributed by atoms with Crippen molar-refractivity contribution < 1.29 is 24.2 Å². The largest absolute Gasteiger partial charge is 0.507 e. The minimum Gasteiger partial charge on any atom is -0.507 e. The average molecular weight is 530 g/mol. The summed E-state index contributed by atoms with van der Waals surface area (Å²) in [6.07, 6.45) is 3.04. The monoisotopic (exact) mass is 529 g/mol. The Hall–Kier alpha value is -3.60. The molecule has 2 aromatic rings. The minimum absolute atomic E-state index is 0.0494. The normalized spacial score (nSPS) is 21.4. The molecule has 3 aliphatic rings. The number of phenols is 1. The summed E-state index contributed by atoms with van der Waals surface area (Å²) in [7, 11) is 4.26. The van der Waals surface area contributed by atoms with Crippen LogP contribution in [0, 0.1) is 0 Å². The zero-order valence-corrected chi connectivity index (χ0v) is 20.1. The van der Waals surface area contributed by atoms with Crippen LogP contribution in [0.2, 0.25) is 0 Å². The van der Waals surface area contributed by atoms with Gasteiger partial charge in [0.15, 0.2) is 11.6 Å². The molecular formula is C23H20BrN3O7. The molecule has 1 N–H and O–H groups in total. The number of rotatable bonds is 3. The second-order valence-electron chi connectivity index (χ2n) is 8.25. The number of methoxy groups -OCH3 is 2. The van der Waals surface area contributed by atoms with Crippen LogP contribution in [0.3, 0.4) is 0 Å². The maximum absolute atomic E-state index is 13.2. The molecule has 34 heavy (non-hydrogen) atoms. The van der Waals surface area contributed by atoms with Crippen LogP contribution >= 0.6 is 15.9 Å². The van der Waals surface area contributed by atoms with Crippen molar-refractivity contribution in [2.24, 2.45) is 7.05 Å². The third kappa shape index (κ3) is 2.92. The maximum atomic E-state index is 13.2. The molecule has 176 valence electrons. The number of ketones is 2. The van der Waals surface area contributed by atoms with Crippen molar-refractivity contribution >= 4 is 27.5 Å². The van der Waals surface area contributed by atoms with Crippen molar-refractivity contribution in [2.45, 2.75) is 24.9 Å². The van der Waals surface area contributed by atoms with Crippen molar-refractivity contribution in [3.8, 4) is 17.2 Å². The molecule has 0 bridgehead atoms. The second-order valence-corrected chi connectivity index (χ2v) is 9.10. The van der Waals surface area contributed by atoms with E-state index in [4.69, 9.17) is 9.47 Å². The highest BCUT2D eigenvalue weighted by atomic mass is 79.9. The Morgan fingerprint density at radius 1 is 1.09 bits per heavy atom. The van der Waals surface area contributed by atoms with E-state index in [2.05, 4.69) is 15.9 Å². The molecule has 0 radical (unpaired) electrons. The van der Waals surface area contributed by atoms with Gasteiger partial charge in [-0.15, -0.1) is 0 Å². The number of carbonyl (C=O) groups excluding carboxylic acids is 2. The third-order valence-electron chi connectivity index (χ3n) is 6.63. The molecule has 0 amide bonds. The Bertz CT molecular complexity index is 1500. The molecule has 1 aliphatic heterocycles. The first-order chi connectivity index (χ1) is 16.2. The van der Waals surface area contributed by atoms with Gasteiger partial charge in [-0.25, -0.2) is 23.5 Å². The molecule has 11 heteroatoms. The summed E-state index contributed by atoms with van der Waals surface area (Å²) in [5, 5.41) is 11.0. The molecule has 1 aromatic carbocycles. The van der Waals surface area contributed by atoms with Gasteiger partial charge >= 0.3 is 11.4 Å². The van der Waals surface area contributed by atoms with E-state index in [9.17, 15) is 24.3 Å². The number of hydrogen-bond donors (Lipinski definition) is 1. The molecule has 2 heterocycles. The Labute approximate surface area is 201 Å². The van der Waals surface area contributed by atoms with Gasteiger partial charge in [0.25, 0.3) is 0 Å². The number of Topliss-reactive ketones (excluding diaryl/α,β-unsaturated/α-hetero) is 1. The van der Waals surface area contributed by atoms with Gasteiger partial charge in [0.2, 0.25) is 0 Å². The van der Waals surface area contributed by atoms with Crippen LogP contribution in [0.1, 0.15) is 23.9 Å². The van der Waals surface area contributed by atoms with E-state index in [1.807, 2.05) is 0 Å². The molecule has 0 fully saturated rings. The molecule has 2 aliphatic carbocycles. The lowest BCUT2D eigenvalue weighted by Crippen LogP contribution is -2.40. The predicted octanol–water partition coefficient (Wildman–Crippen LogP) is 1.47. The van der Waals surface area contributed by atoms with Crippen LogP contribution < -0.4 is 20.9 Å². The van der Waals surface area contributed by atoms with E-state index in [-0.39, 0.29) is 57.2 Å². The van der Waals surface area contributed by atoms with Crippen LogP contribution in [0.25, 0.3) is 0 Å². The zero-order valence-electron chi connectivity index (χ0n) is 18.5. The molecule has 2 atom stereocenters. The maximum Gasteiger partial charge on any atom is 0.347 e. The molecule has 10 nitrogen and oxygen atoms in total. The number of allylic oxidation sites excluding steroid dienone is 6. The summed E-state index contributed by atoms with van der Waals surface area (Å²) in [6.45, 7) is 0.0980. The number of carbonyl (C=O) groups is 2. The quantitative estimate of drug-likeness (QED) is 0.471. The summed E-state index contributed by atoms with van der Waals surface area (Å²) in [5.74, 6) is -1.22. The number of nitrogens with zero attached hydrogens (tertiary/aromatic N) is 3. The Morgan fingerprint density at radius 3 is 2.50 bits per heavy atom. The molecule has 0 saturated heterocycles. The first-order valence-electron chi connectivity index (χ1n) is 10.4. The lowest BCUT2D eigenvalue weighted by molar-refractivity contribution is -0.115. The highest BCUT2D eigenvalue weighted by Gasteiger charge is 2.46. The van der Waals surface area contributed by atoms with E-state index in [1.54, 1.807) is 12.1 Å². The van der Waals surface area contributed by atoms with Crippen LogP contribution in [-0.4, -0.2) is 44.8 Å². The summed E-state index contributed by atoms with van der Waals surface area (Å²) in [5.41, 5.74) is 0.332. The van der Waals surface area contributed by atoms with Crippen LogP contribution in [0.15, 0.2) is 55.1 Å². The third-order valence-corrected chi connectivity index (χ3v) is 7.22. The number of benzene rings is 1. The number of hydrogen-bond acceptors (Lipinski definition) is 7. The fourth-order valence-electron chi connectivity index (χ4n) is 5.08. The first-order valence-corrected chi connectivity index (χ1v) is 11.2. The van der Waals surface area contributed by atoms with Crippen molar-refractivity contribution in [3.05, 3.63) is 72.0 Å². The molecule has 0 saturated carbocycles. The van der Waals surface area contributed by atoms with Gasteiger partial charge in [-0.2, -0.15) is 0 Å². The fraction of sp³-hybridized carbons (Fsp3) is 0.304. The van der Waals surface area contributed by atoms with E-state index >= 15 is 0 Å². The number of aromatic hydroxyl groups is 1. The minimum atomic E-state index is -0.876. The number of phenolic OH excluding ortho intramolecular Hbond substituents is 1. The van der Waals surface area contributed by atoms with Gasteiger partial charge in [-0.05, 0) is 21.5 Å². The summed E-state index contributed by atoms with van der Waals surface area (Å²) in [4.78, 5) is 51.9. The van der Waals surface area contributed by atoms with Crippen molar-refractivity contribution in [1.82, 2.24) is 13.9 Å².